The van der Waals surface area contributed by atoms with Crippen LogP contribution in [-0.4, -0.2) is 33.0 Å². The molecule has 1 saturated heterocycles. The van der Waals surface area contributed by atoms with E-state index in [1.807, 2.05) is 4.90 Å². The Bertz CT molecular complexity index is 1170. The summed E-state index contributed by atoms with van der Waals surface area (Å²) in [5, 5.41) is 2.28. The average Bonchev–Trinajstić information content (AvgIpc) is 3.16. The lowest BCUT2D eigenvalue weighted by atomic mass is 9.92. The molecule has 2 aromatic heterocycles. The highest BCUT2D eigenvalue weighted by molar-refractivity contribution is 7.17. The first-order valence-corrected chi connectivity index (χ1v) is 10.9. The van der Waals surface area contributed by atoms with E-state index in [4.69, 9.17) is 11.6 Å². The topological polar surface area (TPSA) is 64.3 Å². The number of hydrogen-bond donors (Lipinski definition) is 0. The normalized spacial score (nSPS) is 19.6. The number of fused-ring (bicyclic) bond motifs is 1. The van der Waals surface area contributed by atoms with Gasteiger partial charge in [-0.1, -0.05) is 25.4 Å². The highest BCUT2D eigenvalue weighted by atomic mass is 35.5. The molecule has 4 rings (SSSR count). The van der Waals surface area contributed by atoms with E-state index in [0.717, 1.165) is 11.0 Å². The molecular formula is C21H22ClN3O3S. The van der Waals surface area contributed by atoms with Crippen molar-refractivity contribution >= 4 is 39.1 Å². The number of aromatic nitrogens is 2. The first kappa shape index (κ1) is 19.9. The van der Waals surface area contributed by atoms with Gasteiger partial charge in [-0.05, 0) is 54.0 Å². The first-order valence-electron chi connectivity index (χ1n) is 9.62. The zero-order chi connectivity index (χ0) is 20.7. The van der Waals surface area contributed by atoms with Gasteiger partial charge in [0.05, 0.1) is 11.2 Å². The zero-order valence-electron chi connectivity index (χ0n) is 16.3. The summed E-state index contributed by atoms with van der Waals surface area (Å²) >= 11 is 7.22. The van der Waals surface area contributed by atoms with Gasteiger partial charge in [-0.25, -0.2) is 9.36 Å². The molecule has 2 unspecified atom stereocenters. The molecule has 0 spiro atoms. The maximum Gasteiger partial charge on any atom is 0.336 e. The second kappa shape index (κ2) is 7.80. The molecule has 0 radical (unpaired) electrons. The van der Waals surface area contributed by atoms with E-state index in [9.17, 15) is 14.4 Å². The molecule has 1 aromatic carbocycles. The smallest absolute Gasteiger partial charge is 0.336 e. The number of benzene rings is 1. The van der Waals surface area contributed by atoms with Gasteiger partial charge < -0.3 is 4.90 Å². The Morgan fingerprint density at radius 1 is 1.10 bits per heavy atom. The fraction of sp³-hybridized carbons (Fsp3) is 0.381. The molecule has 0 aliphatic carbocycles. The van der Waals surface area contributed by atoms with Crippen molar-refractivity contribution in [3.8, 4) is 5.69 Å². The monoisotopic (exact) mass is 431 g/mol. The Balaban J connectivity index is 1.79. The lowest BCUT2D eigenvalue weighted by Gasteiger charge is -2.35. The van der Waals surface area contributed by atoms with E-state index >= 15 is 0 Å². The lowest BCUT2D eigenvalue weighted by Crippen LogP contribution is -2.46. The van der Waals surface area contributed by atoms with Crippen molar-refractivity contribution < 1.29 is 4.79 Å². The second-order valence-corrected chi connectivity index (χ2v) is 9.22. The molecule has 2 atom stereocenters. The van der Waals surface area contributed by atoms with Gasteiger partial charge >= 0.3 is 5.69 Å². The van der Waals surface area contributed by atoms with Crippen molar-refractivity contribution in [3.63, 3.8) is 0 Å². The Hall–Kier alpha value is -2.38. The van der Waals surface area contributed by atoms with Crippen LogP contribution in [0.15, 0.2) is 45.3 Å². The summed E-state index contributed by atoms with van der Waals surface area (Å²) in [4.78, 5) is 41.1. The summed E-state index contributed by atoms with van der Waals surface area (Å²) in [5.74, 6) is 0.770. The lowest BCUT2D eigenvalue weighted by molar-refractivity contribution is -0.134. The Labute approximate surface area is 176 Å². The summed E-state index contributed by atoms with van der Waals surface area (Å²) in [5.41, 5.74) is 0.0312. The molecule has 3 aromatic rings. The standard InChI is InChI=1S/C21H22ClN3O3S/c1-13-9-14(2)11-23(10-13)18(26)12-24-17-7-8-29-19(17)20(27)25(21(24)28)16-5-3-15(22)4-6-16/h3-8,13-14H,9-12H2,1-2H3. The van der Waals surface area contributed by atoms with Gasteiger partial charge in [0, 0.05) is 18.1 Å². The number of hydrogen-bond acceptors (Lipinski definition) is 4. The minimum absolute atomic E-state index is 0.0840. The molecular weight excluding hydrogens is 410 g/mol. The van der Waals surface area contributed by atoms with Crippen LogP contribution in [-0.2, 0) is 11.3 Å². The number of halogens is 1. The van der Waals surface area contributed by atoms with Gasteiger partial charge in [0.25, 0.3) is 5.56 Å². The summed E-state index contributed by atoms with van der Waals surface area (Å²) in [7, 11) is 0. The van der Waals surface area contributed by atoms with E-state index in [2.05, 4.69) is 13.8 Å². The third kappa shape index (κ3) is 3.76. The average molecular weight is 432 g/mol. The van der Waals surface area contributed by atoms with E-state index in [1.165, 1.54) is 15.9 Å². The van der Waals surface area contributed by atoms with Crippen LogP contribution in [0.25, 0.3) is 15.9 Å². The number of rotatable bonds is 3. The first-order chi connectivity index (χ1) is 13.8. The van der Waals surface area contributed by atoms with Gasteiger partial charge in [-0.2, -0.15) is 0 Å². The quantitative estimate of drug-likeness (QED) is 0.638. The zero-order valence-corrected chi connectivity index (χ0v) is 17.9. The summed E-state index contributed by atoms with van der Waals surface area (Å²) in [6, 6.07) is 8.25. The van der Waals surface area contributed by atoms with Crippen molar-refractivity contribution in [1.29, 1.82) is 0 Å². The van der Waals surface area contributed by atoms with Crippen molar-refractivity contribution in [2.24, 2.45) is 11.8 Å². The number of nitrogens with zero attached hydrogens (tertiary/aromatic N) is 3. The van der Waals surface area contributed by atoms with Crippen LogP contribution in [0.2, 0.25) is 5.02 Å². The number of carbonyl (C=O) groups excluding carboxylic acids is 1. The van der Waals surface area contributed by atoms with Crippen molar-refractivity contribution in [2.75, 3.05) is 13.1 Å². The molecule has 1 fully saturated rings. The van der Waals surface area contributed by atoms with Crippen LogP contribution in [0.3, 0.4) is 0 Å². The van der Waals surface area contributed by atoms with E-state index < -0.39 is 5.69 Å². The third-order valence-electron chi connectivity index (χ3n) is 5.35. The highest BCUT2D eigenvalue weighted by Crippen LogP contribution is 2.22. The number of thiophene rings is 1. The SMILES string of the molecule is CC1CC(C)CN(C(=O)Cn2c(=O)n(-c3ccc(Cl)cc3)c(=O)c3sccc32)C1. The number of carbonyl (C=O) groups is 1. The largest absolute Gasteiger partial charge is 0.341 e. The summed E-state index contributed by atoms with van der Waals surface area (Å²) in [6.07, 6.45) is 1.10. The fourth-order valence-corrected chi connectivity index (χ4v) is 5.11. The van der Waals surface area contributed by atoms with Crippen LogP contribution < -0.4 is 11.2 Å². The van der Waals surface area contributed by atoms with E-state index in [0.29, 0.717) is 45.9 Å². The maximum atomic E-state index is 13.3. The Morgan fingerprint density at radius 3 is 2.41 bits per heavy atom. The number of amides is 1. The van der Waals surface area contributed by atoms with Crippen LogP contribution in [0.1, 0.15) is 20.3 Å². The molecule has 0 saturated carbocycles. The highest BCUT2D eigenvalue weighted by Gasteiger charge is 2.26. The van der Waals surface area contributed by atoms with Crippen LogP contribution in [0.5, 0.6) is 0 Å². The van der Waals surface area contributed by atoms with Crippen molar-refractivity contribution in [1.82, 2.24) is 14.0 Å². The predicted molar refractivity (Wildman–Crippen MR) is 116 cm³/mol. The van der Waals surface area contributed by atoms with Gasteiger partial charge in [0.2, 0.25) is 5.91 Å². The number of piperidine rings is 1. The minimum atomic E-state index is -0.519. The van der Waals surface area contributed by atoms with Gasteiger partial charge in [0.1, 0.15) is 11.2 Å². The van der Waals surface area contributed by atoms with Gasteiger partial charge in [-0.15, -0.1) is 11.3 Å². The minimum Gasteiger partial charge on any atom is -0.341 e. The fourth-order valence-electron chi connectivity index (χ4n) is 4.16. The third-order valence-corrected chi connectivity index (χ3v) is 6.50. The van der Waals surface area contributed by atoms with E-state index in [1.54, 1.807) is 35.7 Å². The molecule has 1 aliphatic rings. The van der Waals surface area contributed by atoms with Crippen molar-refractivity contribution in [2.45, 2.75) is 26.8 Å². The Kier molecular flexibility index (Phi) is 5.36. The molecule has 0 N–H and O–H groups in total. The second-order valence-electron chi connectivity index (χ2n) is 7.87. The molecule has 1 aliphatic heterocycles. The van der Waals surface area contributed by atoms with E-state index in [-0.39, 0.29) is 18.0 Å². The summed E-state index contributed by atoms with van der Waals surface area (Å²) in [6.45, 7) is 5.59. The predicted octanol–water partition coefficient (Wildman–Crippen LogP) is 3.37. The molecule has 152 valence electrons. The van der Waals surface area contributed by atoms with Crippen LogP contribution in [0.4, 0.5) is 0 Å². The van der Waals surface area contributed by atoms with Gasteiger partial charge in [0.15, 0.2) is 0 Å². The molecule has 29 heavy (non-hydrogen) atoms. The van der Waals surface area contributed by atoms with Crippen molar-refractivity contribution in [3.05, 3.63) is 61.6 Å². The maximum absolute atomic E-state index is 13.3. The number of likely N-dealkylation sites (tertiary alicyclic amines) is 1. The van der Waals surface area contributed by atoms with Gasteiger partial charge in [-0.3, -0.25) is 14.2 Å². The molecule has 3 heterocycles. The molecule has 0 bridgehead atoms. The molecule has 8 heteroatoms. The Morgan fingerprint density at radius 2 is 1.76 bits per heavy atom. The molecule has 1 amide bonds. The van der Waals surface area contributed by atoms with Crippen LogP contribution in [0, 0.1) is 11.8 Å². The van der Waals surface area contributed by atoms with Crippen LogP contribution >= 0.6 is 22.9 Å². The molecule has 6 nitrogen and oxygen atoms in total. The summed E-state index contributed by atoms with van der Waals surface area (Å²) < 4.78 is 2.98.